The molecule has 0 radical (unpaired) electrons. The largest absolute Gasteiger partial charge is 0.311 e. The molecule has 116 valence electrons. The minimum Gasteiger partial charge on any atom is -0.311 e. The van der Waals surface area contributed by atoms with E-state index in [4.69, 9.17) is 10.7 Å². The van der Waals surface area contributed by atoms with Crippen molar-refractivity contribution in [1.29, 1.82) is 0 Å². The Hall–Kier alpha value is -1.12. The lowest BCUT2D eigenvalue weighted by Crippen LogP contribution is -2.27. The van der Waals surface area contributed by atoms with Crippen LogP contribution in [0.4, 0.5) is 5.69 Å². The van der Waals surface area contributed by atoms with Crippen LogP contribution in [-0.4, -0.2) is 40.8 Å². The van der Waals surface area contributed by atoms with E-state index in [0.29, 0.717) is 11.3 Å². The van der Waals surface area contributed by atoms with E-state index in [2.05, 4.69) is 0 Å². The van der Waals surface area contributed by atoms with Crippen molar-refractivity contribution in [3.63, 3.8) is 0 Å². The summed E-state index contributed by atoms with van der Waals surface area (Å²) in [6, 6.07) is 4.41. The molecule has 0 spiro atoms. The normalized spacial score (nSPS) is 20.0. The first-order valence-corrected chi connectivity index (χ1v) is 10.3. The van der Waals surface area contributed by atoms with E-state index in [1.807, 2.05) is 0 Å². The molecule has 0 aliphatic carbocycles. The van der Waals surface area contributed by atoms with Gasteiger partial charge in [-0.2, -0.15) is 0 Å². The highest BCUT2D eigenvalue weighted by molar-refractivity contribution is 8.14. The van der Waals surface area contributed by atoms with E-state index in [9.17, 15) is 21.6 Å². The highest BCUT2D eigenvalue weighted by atomic mass is 35.7. The molecule has 1 fully saturated rings. The average Bonchev–Trinajstić information content (AvgIpc) is 2.70. The standard InChI is InChI=1S/C12H14ClNO5S2/c1-8-3-4-9(20(2,16)17)5-11(8)14-7-10(6-12(14)15)21(13,18)19/h3-5,10H,6-7H2,1-2H3. The molecule has 2 rings (SSSR count). The van der Waals surface area contributed by atoms with Crippen LogP contribution in [0.3, 0.4) is 0 Å². The molecule has 1 amide bonds. The first-order valence-electron chi connectivity index (χ1n) is 6.04. The molecule has 0 N–H and O–H groups in total. The second kappa shape index (κ2) is 5.26. The summed E-state index contributed by atoms with van der Waals surface area (Å²) in [5, 5.41) is -0.979. The molecule has 1 saturated heterocycles. The van der Waals surface area contributed by atoms with Crippen LogP contribution in [0.25, 0.3) is 0 Å². The molecule has 6 nitrogen and oxygen atoms in total. The lowest BCUT2D eigenvalue weighted by molar-refractivity contribution is -0.117. The SMILES string of the molecule is Cc1ccc(S(C)(=O)=O)cc1N1CC(S(=O)(=O)Cl)CC1=O. The molecule has 0 bridgehead atoms. The summed E-state index contributed by atoms with van der Waals surface area (Å²) in [5.74, 6) is -0.391. The number of benzene rings is 1. The van der Waals surface area contributed by atoms with Gasteiger partial charge in [0, 0.05) is 35.6 Å². The summed E-state index contributed by atoms with van der Waals surface area (Å²) < 4.78 is 45.9. The van der Waals surface area contributed by atoms with E-state index in [-0.39, 0.29) is 17.9 Å². The summed E-state index contributed by atoms with van der Waals surface area (Å²) in [4.78, 5) is 13.3. The van der Waals surface area contributed by atoms with Gasteiger partial charge < -0.3 is 4.90 Å². The topological polar surface area (TPSA) is 88.6 Å². The Morgan fingerprint density at radius 2 is 1.86 bits per heavy atom. The molecule has 1 aromatic rings. The van der Waals surface area contributed by atoms with Crippen molar-refractivity contribution < 1.29 is 21.6 Å². The van der Waals surface area contributed by atoms with E-state index >= 15 is 0 Å². The zero-order chi connectivity index (χ0) is 16.0. The summed E-state index contributed by atoms with van der Waals surface area (Å²) in [6.07, 6.45) is 0.869. The molecule has 1 unspecified atom stereocenters. The maximum atomic E-state index is 12.0. The van der Waals surface area contributed by atoms with Crippen molar-refractivity contribution >= 4 is 41.2 Å². The minimum atomic E-state index is -3.84. The van der Waals surface area contributed by atoms with E-state index in [1.54, 1.807) is 13.0 Å². The minimum absolute atomic E-state index is 0.0707. The fourth-order valence-electron chi connectivity index (χ4n) is 2.21. The Morgan fingerprint density at radius 1 is 1.24 bits per heavy atom. The van der Waals surface area contributed by atoms with Crippen LogP contribution in [0.1, 0.15) is 12.0 Å². The lowest BCUT2D eigenvalue weighted by atomic mass is 10.2. The van der Waals surface area contributed by atoms with Crippen molar-refractivity contribution in [3.05, 3.63) is 23.8 Å². The van der Waals surface area contributed by atoms with Crippen LogP contribution in [-0.2, 0) is 23.7 Å². The quantitative estimate of drug-likeness (QED) is 0.760. The average molecular weight is 352 g/mol. The number of sulfone groups is 1. The van der Waals surface area contributed by atoms with Crippen molar-refractivity contribution in [1.82, 2.24) is 0 Å². The Bertz CT molecular complexity index is 801. The fraction of sp³-hybridized carbons (Fsp3) is 0.417. The maximum Gasteiger partial charge on any atom is 0.237 e. The van der Waals surface area contributed by atoms with Gasteiger partial charge in [0.1, 0.15) is 5.25 Å². The van der Waals surface area contributed by atoms with Gasteiger partial charge in [0.15, 0.2) is 9.84 Å². The Morgan fingerprint density at radius 3 is 2.33 bits per heavy atom. The van der Waals surface area contributed by atoms with Gasteiger partial charge in [0.2, 0.25) is 15.0 Å². The number of carbonyl (C=O) groups is 1. The highest BCUT2D eigenvalue weighted by Crippen LogP contribution is 2.30. The van der Waals surface area contributed by atoms with Gasteiger partial charge >= 0.3 is 0 Å². The zero-order valence-electron chi connectivity index (χ0n) is 11.4. The lowest BCUT2D eigenvalue weighted by Gasteiger charge is -2.19. The maximum absolute atomic E-state index is 12.0. The summed E-state index contributed by atoms with van der Waals surface area (Å²) >= 11 is 0. The van der Waals surface area contributed by atoms with Crippen LogP contribution in [0.2, 0.25) is 0 Å². The van der Waals surface area contributed by atoms with Crippen molar-refractivity contribution in [2.24, 2.45) is 0 Å². The molecular formula is C12H14ClNO5S2. The summed E-state index contributed by atoms with van der Waals surface area (Å²) in [7, 11) is -1.95. The van der Waals surface area contributed by atoms with E-state index in [0.717, 1.165) is 6.26 Å². The number of nitrogens with zero attached hydrogens (tertiary/aromatic N) is 1. The fourth-order valence-corrected chi connectivity index (χ4v) is 3.87. The molecular weight excluding hydrogens is 338 g/mol. The third-order valence-corrected chi connectivity index (χ3v) is 6.37. The predicted octanol–water partition coefficient (Wildman–Crippen LogP) is 1.07. The molecule has 1 aromatic carbocycles. The predicted molar refractivity (Wildman–Crippen MR) is 79.8 cm³/mol. The molecule has 1 heterocycles. The Labute approximate surface area is 128 Å². The Balaban J connectivity index is 2.46. The van der Waals surface area contributed by atoms with Crippen LogP contribution in [0, 0.1) is 6.92 Å². The van der Waals surface area contributed by atoms with Crippen molar-refractivity contribution in [2.45, 2.75) is 23.5 Å². The number of amides is 1. The molecule has 0 aromatic heterocycles. The van der Waals surface area contributed by atoms with Crippen LogP contribution in [0.15, 0.2) is 23.1 Å². The third kappa shape index (κ3) is 3.38. The molecule has 1 aliphatic heterocycles. The second-order valence-corrected chi connectivity index (χ2v) is 9.95. The van der Waals surface area contributed by atoms with E-state index < -0.39 is 30.0 Å². The van der Waals surface area contributed by atoms with Gasteiger partial charge in [0.05, 0.1) is 4.90 Å². The highest BCUT2D eigenvalue weighted by Gasteiger charge is 2.38. The molecule has 1 atom stereocenters. The molecule has 0 saturated carbocycles. The van der Waals surface area contributed by atoms with Crippen molar-refractivity contribution in [2.75, 3.05) is 17.7 Å². The smallest absolute Gasteiger partial charge is 0.237 e. The van der Waals surface area contributed by atoms with Crippen LogP contribution < -0.4 is 4.90 Å². The molecule has 21 heavy (non-hydrogen) atoms. The number of halogens is 1. The zero-order valence-corrected chi connectivity index (χ0v) is 13.8. The van der Waals surface area contributed by atoms with Gasteiger partial charge in [0.25, 0.3) is 0 Å². The van der Waals surface area contributed by atoms with Gasteiger partial charge in [-0.3, -0.25) is 4.79 Å². The van der Waals surface area contributed by atoms with Gasteiger partial charge in [-0.15, -0.1) is 0 Å². The van der Waals surface area contributed by atoms with Crippen LogP contribution >= 0.6 is 10.7 Å². The van der Waals surface area contributed by atoms with Crippen LogP contribution in [0.5, 0.6) is 0 Å². The monoisotopic (exact) mass is 351 g/mol. The summed E-state index contributed by atoms with van der Waals surface area (Å²) in [5.41, 5.74) is 1.08. The number of rotatable bonds is 3. The third-order valence-electron chi connectivity index (χ3n) is 3.39. The second-order valence-electron chi connectivity index (χ2n) is 5.03. The van der Waals surface area contributed by atoms with Gasteiger partial charge in [-0.25, -0.2) is 16.8 Å². The number of carbonyl (C=O) groups excluding carboxylic acids is 1. The Kier molecular flexibility index (Phi) is 4.07. The first kappa shape index (κ1) is 16.3. The number of anilines is 1. The van der Waals surface area contributed by atoms with E-state index in [1.165, 1.54) is 17.0 Å². The number of aryl methyl sites for hydroxylation is 1. The molecule has 1 aliphatic rings. The van der Waals surface area contributed by atoms with Gasteiger partial charge in [-0.05, 0) is 24.6 Å². The van der Waals surface area contributed by atoms with Gasteiger partial charge in [-0.1, -0.05) is 6.07 Å². The molecule has 9 heteroatoms. The first-order chi connectivity index (χ1) is 9.50. The van der Waals surface area contributed by atoms with Crippen molar-refractivity contribution in [3.8, 4) is 0 Å². The number of hydrogen-bond donors (Lipinski definition) is 0. The summed E-state index contributed by atoms with van der Waals surface area (Å²) in [6.45, 7) is 1.65. The number of hydrogen-bond acceptors (Lipinski definition) is 5.